The van der Waals surface area contributed by atoms with Crippen LogP contribution in [-0.2, 0) is 10.0 Å². The van der Waals surface area contributed by atoms with Crippen LogP contribution in [-0.4, -0.2) is 37.6 Å². The zero-order valence-corrected chi connectivity index (χ0v) is 17.6. The van der Waals surface area contributed by atoms with Crippen molar-refractivity contribution in [2.45, 2.75) is 4.90 Å². The molecule has 2 N–H and O–H groups in total. The van der Waals surface area contributed by atoms with Gasteiger partial charge in [0.2, 0.25) is 0 Å². The lowest BCUT2D eigenvalue weighted by Gasteiger charge is -2.14. The normalized spacial score (nSPS) is 11.2. The minimum atomic E-state index is -3.88. The predicted molar refractivity (Wildman–Crippen MR) is 117 cm³/mol. The van der Waals surface area contributed by atoms with Crippen molar-refractivity contribution in [3.8, 4) is 11.5 Å². The molecule has 2 heterocycles. The van der Waals surface area contributed by atoms with E-state index in [1.807, 2.05) is 0 Å². The maximum atomic E-state index is 12.9. The summed E-state index contributed by atoms with van der Waals surface area (Å²) in [6, 6.07) is 16.6. The van der Waals surface area contributed by atoms with Gasteiger partial charge in [0.15, 0.2) is 17.3 Å². The highest BCUT2D eigenvalue weighted by molar-refractivity contribution is 7.92. The number of hydrogen-bond donors (Lipinski definition) is 2. The molecule has 0 unspecified atom stereocenters. The maximum absolute atomic E-state index is 12.9. The lowest BCUT2D eigenvalue weighted by atomic mass is 10.2. The first-order valence-electron chi connectivity index (χ1n) is 9.19. The summed E-state index contributed by atoms with van der Waals surface area (Å²) >= 11 is 0. The van der Waals surface area contributed by atoms with Crippen LogP contribution in [0.25, 0.3) is 11.2 Å². The number of fused-ring (bicyclic) bond motifs is 1. The molecule has 158 valence electrons. The van der Waals surface area contributed by atoms with Gasteiger partial charge >= 0.3 is 0 Å². The van der Waals surface area contributed by atoms with Crippen LogP contribution in [0.3, 0.4) is 0 Å². The highest BCUT2D eigenvalue weighted by atomic mass is 32.2. The van der Waals surface area contributed by atoms with Gasteiger partial charge in [-0.3, -0.25) is 4.72 Å². The van der Waals surface area contributed by atoms with Gasteiger partial charge in [0.05, 0.1) is 19.1 Å². The monoisotopic (exact) mass is 437 g/mol. The molecule has 0 aliphatic rings. The lowest BCUT2D eigenvalue weighted by Crippen LogP contribution is -2.16. The van der Waals surface area contributed by atoms with Gasteiger partial charge in [0.25, 0.3) is 10.0 Å². The molecule has 0 fully saturated rings. The van der Waals surface area contributed by atoms with Crippen LogP contribution in [0.1, 0.15) is 0 Å². The van der Waals surface area contributed by atoms with Crippen LogP contribution in [0.15, 0.2) is 71.8 Å². The van der Waals surface area contributed by atoms with Gasteiger partial charge in [-0.15, -0.1) is 0 Å². The van der Waals surface area contributed by atoms with E-state index in [9.17, 15) is 8.42 Å². The van der Waals surface area contributed by atoms with E-state index in [4.69, 9.17) is 9.47 Å². The summed E-state index contributed by atoms with van der Waals surface area (Å²) in [6.45, 7) is 0. The molecule has 31 heavy (non-hydrogen) atoms. The van der Waals surface area contributed by atoms with E-state index in [-0.39, 0.29) is 16.5 Å². The molecule has 0 aliphatic heterocycles. The van der Waals surface area contributed by atoms with Gasteiger partial charge in [-0.25, -0.2) is 23.4 Å². The Morgan fingerprint density at radius 2 is 1.55 bits per heavy atom. The minimum absolute atomic E-state index is 0.0335. The third-order valence-electron chi connectivity index (χ3n) is 4.34. The van der Waals surface area contributed by atoms with Crippen molar-refractivity contribution < 1.29 is 17.9 Å². The Kier molecular flexibility index (Phi) is 5.54. The molecule has 4 aromatic rings. The number of nitrogens with zero attached hydrogens (tertiary/aromatic N) is 3. The van der Waals surface area contributed by atoms with Gasteiger partial charge in [-0.05, 0) is 24.3 Å². The van der Waals surface area contributed by atoms with Gasteiger partial charge in [0.1, 0.15) is 17.0 Å². The van der Waals surface area contributed by atoms with Crippen molar-refractivity contribution in [2.75, 3.05) is 24.3 Å². The quantitative estimate of drug-likeness (QED) is 0.451. The van der Waals surface area contributed by atoms with Crippen molar-refractivity contribution in [2.24, 2.45) is 0 Å². The fourth-order valence-electron chi connectivity index (χ4n) is 2.85. The van der Waals surface area contributed by atoms with Crippen LogP contribution >= 0.6 is 0 Å². The second-order valence-corrected chi connectivity index (χ2v) is 8.09. The first-order valence-corrected chi connectivity index (χ1v) is 10.7. The molecule has 0 saturated heterocycles. The number of nitrogens with one attached hydrogen (secondary N) is 2. The second kappa shape index (κ2) is 8.44. The molecule has 0 spiro atoms. The molecule has 9 nitrogen and oxygen atoms in total. The summed E-state index contributed by atoms with van der Waals surface area (Å²) in [4.78, 5) is 13.2. The lowest BCUT2D eigenvalue weighted by molar-refractivity contribution is 0.395. The van der Waals surface area contributed by atoms with Crippen LogP contribution in [0.5, 0.6) is 11.5 Å². The van der Waals surface area contributed by atoms with Crippen LogP contribution < -0.4 is 19.5 Å². The zero-order chi connectivity index (χ0) is 21.8. The summed E-state index contributed by atoms with van der Waals surface area (Å²) in [6.07, 6.45) is 1.59. The average Bonchev–Trinajstić information content (AvgIpc) is 2.79. The number of rotatable bonds is 7. The summed E-state index contributed by atoms with van der Waals surface area (Å²) in [7, 11) is -0.806. The van der Waals surface area contributed by atoms with E-state index in [1.165, 1.54) is 26.4 Å². The predicted octanol–water partition coefficient (Wildman–Crippen LogP) is 3.59. The van der Waals surface area contributed by atoms with Crippen molar-refractivity contribution in [3.63, 3.8) is 0 Å². The molecule has 2 aromatic heterocycles. The first-order chi connectivity index (χ1) is 15.0. The van der Waals surface area contributed by atoms with Gasteiger partial charge < -0.3 is 14.8 Å². The summed E-state index contributed by atoms with van der Waals surface area (Å²) in [5.41, 5.74) is 1.38. The molecular formula is C21H19N5O4S. The Bertz CT molecular complexity index is 1310. The average molecular weight is 437 g/mol. The highest BCUT2D eigenvalue weighted by Crippen LogP contribution is 2.31. The topological polar surface area (TPSA) is 115 Å². The molecule has 4 rings (SSSR count). The number of methoxy groups -OCH3 is 2. The molecule has 0 aliphatic carbocycles. The minimum Gasteiger partial charge on any atom is -0.497 e. The zero-order valence-electron chi connectivity index (χ0n) is 16.7. The maximum Gasteiger partial charge on any atom is 0.263 e. The number of pyridine rings is 1. The van der Waals surface area contributed by atoms with E-state index < -0.39 is 10.0 Å². The molecule has 0 bridgehead atoms. The molecule has 0 amide bonds. The van der Waals surface area contributed by atoms with E-state index in [1.54, 1.807) is 54.7 Å². The first kappa shape index (κ1) is 20.4. The van der Waals surface area contributed by atoms with Gasteiger partial charge in [-0.2, -0.15) is 0 Å². The number of ether oxygens (including phenoxy) is 2. The van der Waals surface area contributed by atoms with E-state index in [2.05, 4.69) is 25.0 Å². The molecular weight excluding hydrogens is 418 g/mol. The van der Waals surface area contributed by atoms with Crippen LogP contribution in [0.2, 0.25) is 0 Å². The standard InChI is InChI=1S/C21H19N5O4S/c1-29-15-11-14(12-16(13-15)30-2)23-20-21(24-18-9-6-10-22-19(18)25-20)26-31(27,28)17-7-4-3-5-8-17/h3-13H,1-2H3,(H,24,26)(H,22,23,25). The van der Waals surface area contributed by atoms with Crippen molar-refractivity contribution in [3.05, 3.63) is 66.9 Å². The third-order valence-corrected chi connectivity index (χ3v) is 5.69. The Balaban J connectivity index is 1.79. The van der Waals surface area contributed by atoms with Crippen molar-refractivity contribution >= 4 is 38.5 Å². The summed E-state index contributed by atoms with van der Waals surface area (Å²) in [5, 5.41) is 3.09. The number of aromatic nitrogens is 3. The number of anilines is 3. The Hall–Kier alpha value is -3.92. The Morgan fingerprint density at radius 1 is 0.839 bits per heavy atom. The molecule has 2 aromatic carbocycles. The van der Waals surface area contributed by atoms with E-state index in [0.717, 1.165) is 0 Å². The number of benzene rings is 2. The highest BCUT2D eigenvalue weighted by Gasteiger charge is 2.19. The molecule has 0 radical (unpaired) electrons. The largest absolute Gasteiger partial charge is 0.497 e. The van der Waals surface area contributed by atoms with E-state index >= 15 is 0 Å². The van der Waals surface area contributed by atoms with Gasteiger partial charge in [-0.1, -0.05) is 18.2 Å². The molecule has 0 saturated carbocycles. The smallest absolute Gasteiger partial charge is 0.263 e. The van der Waals surface area contributed by atoms with Crippen LogP contribution in [0.4, 0.5) is 17.3 Å². The summed E-state index contributed by atoms with van der Waals surface area (Å²) in [5.74, 6) is 1.33. The number of hydrogen-bond acceptors (Lipinski definition) is 8. The van der Waals surface area contributed by atoms with Gasteiger partial charge in [0, 0.05) is 30.1 Å². The van der Waals surface area contributed by atoms with E-state index in [0.29, 0.717) is 28.4 Å². The third kappa shape index (κ3) is 4.48. The Labute approximate surface area is 179 Å². The van der Waals surface area contributed by atoms with Crippen molar-refractivity contribution in [1.29, 1.82) is 0 Å². The molecule has 0 atom stereocenters. The fourth-order valence-corrected chi connectivity index (χ4v) is 3.88. The number of sulfonamides is 1. The van der Waals surface area contributed by atoms with Crippen LogP contribution in [0, 0.1) is 0 Å². The summed E-state index contributed by atoms with van der Waals surface area (Å²) < 4.78 is 38.9. The molecule has 10 heteroatoms. The SMILES string of the molecule is COc1cc(Nc2nc3ncccc3nc2NS(=O)(=O)c2ccccc2)cc(OC)c1. The van der Waals surface area contributed by atoms with Crippen molar-refractivity contribution in [1.82, 2.24) is 15.0 Å². The fraction of sp³-hybridized carbons (Fsp3) is 0.0952. The Morgan fingerprint density at radius 3 is 2.23 bits per heavy atom. The second-order valence-electron chi connectivity index (χ2n) is 6.41.